The number of rotatable bonds is 32. The van der Waals surface area contributed by atoms with Crippen molar-refractivity contribution in [3.8, 4) is 0 Å². The molecule has 0 bridgehead atoms. The molecule has 0 aromatic heterocycles. The van der Waals surface area contributed by atoms with E-state index in [2.05, 4.69) is 19.2 Å². The Morgan fingerprint density at radius 2 is 0.763 bits per heavy atom. The van der Waals surface area contributed by atoms with E-state index in [1.807, 2.05) is 0 Å². The van der Waals surface area contributed by atoms with Gasteiger partial charge in [0.05, 0.1) is 24.9 Å². The van der Waals surface area contributed by atoms with Gasteiger partial charge in [0.2, 0.25) is 0 Å². The molecule has 38 heavy (non-hydrogen) atoms. The number of aliphatic hydroxyl groups is 3. The summed E-state index contributed by atoms with van der Waals surface area (Å²) in [5.41, 5.74) is 0. The molecule has 0 rings (SSSR count). The van der Waals surface area contributed by atoms with Gasteiger partial charge < -0.3 is 20.6 Å². The van der Waals surface area contributed by atoms with Crippen LogP contribution in [0.15, 0.2) is 0 Å². The molecule has 0 aromatic rings. The highest BCUT2D eigenvalue weighted by molar-refractivity contribution is 4.81. The lowest BCUT2D eigenvalue weighted by atomic mass is 9.99. The van der Waals surface area contributed by atoms with Crippen LogP contribution < -0.4 is 5.32 Å². The molecule has 0 aliphatic carbocycles. The molecule has 4 heteroatoms. The zero-order valence-corrected chi connectivity index (χ0v) is 26.1. The van der Waals surface area contributed by atoms with E-state index in [-0.39, 0.29) is 6.61 Å². The van der Waals surface area contributed by atoms with Gasteiger partial charge in [-0.25, -0.2) is 0 Å². The van der Waals surface area contributed by atoms with Gasteiger partial charge in [0.25, 0.3) is 0 Å². The normalized spacial score (nSPS) is 14.1. The van der Waals surface area contributed by atoms with Gasteiger partial charge >= 0.3 is 0 Å². The molecule has 4 N–H and O–H groups in total. The predicted octanol–water partition coefficient (Wildman–Crippen LogP) is 9.23. The highest BCUT2D eigenvalue weighted by Gasteiger charge is 2.24. The fourth-order valence-corrected chi connectivity index (χ4v) is 5.53. The summed E-state index contributed by atoms with van der Waals surface area (Å²) in [6.45, 7) is 5.21. The summed E-state index contributed by atoms with van der Waals surface area (Å²) in [6.07, 6.45) is 33.3. The van der Waals surface area contributed by atoms with Gasteiger partial charge in [0.15, 0.2) is 0 Å². The standard InChI is InChI=1S/C34H71NO3/c1-3-5-7-9-11-13-15-17-18-20-22-24-26-28-30-35-32(31-36)34(38)33(37)29-27-25-23-21-19-16-14-12-10-8-6-4-2/h32-38H,3-31H2,1-2H3/t32-,33+,34-/m0/s1. The van der Waals surface area contributed by atoms with Crippen LogP contribution >= 0.6 is 0 Å². The molecule has 0 amide bonds. The molecule has 0 spiro atoms. The van der Waals surface area contributed by atoms with Crippen LogP contribution in [-0.4, -0.2) is 46.7 Å². The van der Waals surface area contributed by atoms with Crippen LogP contribution in [0.4, 0.5) is 0 Å². The van der Waals surface area contributed by atoms with Crippen LogP contribution in [0, 0.1) is 0 Å². The van der Waals surface area contributed by atoms with E-state index < -0.39 is 18.2 Å². The maximum atomic E-state index is 10.5. The summed E-state index contributed by atoms with van der Waals surface area (Å²) < 4.78 is 0. The third-order valence-electron chi connectivity index (χ3n) is 8.29. The van der Waals surface area contributed by atoms with Crippen LogP contribution in [0.25, 0.3) is 0 Å². The van der Waals surface area contributed by atoms with Gasteiger partial charge in [0, 0.05) is 0 Å². The minimum atomic E-state index is -0.889. The van der Waals surface area contributed by atoms with Gasteiger partial charge in [-0.05, 0) is 19.4 Å². The highest BCUT2D eigenvalue weighted by Crippen LogP contribution is 2.15. The second-order valence-corrected chi connectivity index (χ2v) is 12.1. The van der Waals surface area contributed by atoms with E-state index in [0.29, 0.717) is 6.42 Å². The van der Waals surface area contributed by atoms with Crippen LogP contribution in [0.3, 0.4) is 0 Å². The SMILES string of the molecule is CCCCCCCCCCCCCCCCN[C@@H](CO)[C@H](O)[C@H](O)CCCCCCCCCCCCCC. The van der Waals surface area contributed by atoms with Gasteiger partial charge in [-0.1, -0.05) is 174 Å². The van der Waals surface area contributed by atoms with Crippen LogP contribution in [0.2, 0.25) is 0 Å². The van der Waals surface area contributed by atoms with E-state index in [1.54, 1.807) is 0 Å². The van der Waals surface area contributed by atoms with Crippen LogP contribution in [0.5, 0.6) is 0 Å². The van der Waals surface area contributed by atoms with Gasteiger partial charge in [-0.3, -0.25) is 0 Å². The Labute approximate surface area is 239 Å². The van der Waals surface area contributed by atoms with E-state index in [0.717, 1.165) is 25.8 Å². The molecule has 0 aliphatic rings. The predicted molar refractivity (Wildman–Crippen MR) is 167 cm³/mol. The summed E-state index contributed by atoms with van der Waals surface area (Å²) in [7, 11) is 0. The Bertz CT molecular complexity index is 434. The Morgan fingerprint density at radius 1 is 0.447 bits per heavy atom. The van der Waals surface area contributed by atoms with E-state index in [9.17, 15) is 15.3 Å². The molecule has 0 aliphatic heterocycles. The molecule has 230 valence electrons. The smallest absolute Gasteiger partial charge is 0.0973 e. The van der Waals surface area contributed by atoms with Crippen molar-refractivity contribution in [1.29, 1.82) is 0 Å². The second kappa shape index (κ2) is 31.4. The minimum Gasteiger partial charge on any atom is -0.395 e. The van der Waals surface area contributed by atoms with Gasteiger partial charge in [-0.15, -0.1) is 0 Å². The topological polar surface area (TPSA) is 72.7 Å². The Kier molecular flexibility index (Phi) is 31.2. The number of hydrogen-bond acceptors (Lipinski definition) is 4. The minimum absolute atomic E-state index is 0.130. The third-order valence-corrected chi connectivity index (χ3v) is 8.29. The van der Waals surface area contributed by atoms with Crippen LogP contribution in [-0.2, 0) is 0 Å². The molecule has 4 nitrogen and oxygen atoms in total. The fourth-order valence-electron chi connectivity index (χ4n) is 5.53. The lowest BCUT2D eigenvalue weighted by Crippen LogP contribution is -2.48. The summed E-state index contributed by atoms with van der Waals surface area (Å²) in [5.74, 6) is 0. The van der Waals surface area contributed by atoms with E-state index in [4.69, 9.17) is 0 Å². The maximum Gasteiger partial charge on any atom is 0.0973 e. The average molecular weight is 542 g/mol. The molecule has 0 fully saturated rings. The first kappa shape index (κ1) is 37.8. The summed E-state index contributed by atoms with van der Waals surface area (Å²) in [4.78, 5) is 0. The summed E-state index contributed by atoms with van der Waals surface area (Å²) >= 11 is 0. The molecule has 0 radical (unpaired) electrons. The first-order chi connectivity index (χ1) is 18.7. The molecular formula is C34H71NO3. The van der Waals surface area contributed by atoms with Crippen LogP contribution in [0.1, 0.15) is 187 Å². The Balaban J connectivity index is 3.54. The summed E-state index contributed by atoms with van der Waals surface area (Å²) in [5, 5.41) is 33.9. The Morgan fingerprint density at radius 3 is 1.11 bits per heavy atom. The first-order valence-electron chi connectivity index (χ1n) is 17.4. The highest BCUT2D eigenvalue weighted by atomic mass is 16.3. The molecule has 0 aromatic carbocycles. The molecular weight excluding hydrogens is 470 g/mol. The fraction of sp³-hybridized carbons (Fsp3) is 1.00. The zero-order valence-electron chi connectivity index (χ0n) is 26.1. The number of nitrogens with one attached hydrogen (secondary N) is 1. The quantitative estimate of drug-likeness (QED) is 0.0640. The van der Waals surface area contributed by atoms with Crippen molar-refractivity contribution in [3.63, 3.8) is 0 Å². The largest absolute Gasteiger partial charge is 0.395 e. The van der Waals surface area contributed by atoms with Crippen molar-refractivity contribution in [1.82, 2.24) is 5.32 Å². The molecule has 0 heterocycles. The van der Waals surface area contributed by atoms with E-state index >= 15 is 0 Å². The summed E-state index contributed by atoms with van der Waals surface area (Å²) in [6, 6.07) is -0.427. The zero-order chi connectivity index (χ0) is 27.9. The molecule has 0 saturated heterocycles. The van der Waals surface area contributed by atoms with Crippen molar-refractivity contribution in [2.45, 2.75) is 205 Å². The lowest BCUT2D eigenvalue weighted by molar-refractivity contribution is -0.0210. The molecule has 3 atom stereocenters. The van der Waals surface area contributed by atoms with Crippen molar-refractivity contribution < 1.29 is 15.3 Å². The van der Waals surface area contributed by atoms with Crippen molar-refractivity contribution >= 4 is 0 Å². The maximum absolute atomic E-state index is 10.5. The third kappa shape index (κ3) is 26.1. The van der Waals surface area contributed by atoms with Gasteiger partial charge in [-0.2, -0.15) is 0 Å². The van der Waals surface area contributed by atoms with Crippen molar-refractivity contribution in [2.24, 2.45) is 0 Å². The molecule has 0 saturated carbocycles. The second-order valence-electron chi connectivity index (χ2n) is 12.1. The number of aliphatic hydroxyl groups excluding tert-OH is 3. The Hall–Kier alpha value is -0.160. The lowest BCUT2D eigenvalue weighted by Gasteiger charge is -2.26. The van der Waals surface area contributed by atoms with E-state index in [1.165, 1.54) is 148 Å². The number of unbranched alkanes of at least 4 members (excludes halogenated alkanes) is 24. The van der Waals surface area contributed by atoms with Crippen molar-refractivity contribution in [2.75, 3.05) is 13.2 Å². The molecule has 0 unspecified atom stereocenters. The monoisotopic (exact) mass is 542 g/mol. The first-order valence-corrected chi connectivity index (χ1v) is 17.4. The average Bonchev–Trinajstić information content (AvgIpc) is 2.93. The van der Waals surface area contributed by atoms with Crippen molar-refractivity contribution in [3.05, 3.63) is 0 Å². The van der Waals surface area contributed by atoms with Gasteiger partial charge in [0.1, 0.15) is 0 Å². The number of hydrogen-bond donors (Lipinski definition) is 4.